The van der Waals surface area contributed by atoms with Gasteiger partial charge in [-0.25, -0.2) is 13.1 Å². The smallest absolute Gasteiger partial charge is 0.306 e. The standard InChI is InChI=1S/C20H24N2O4S/c1-13-11-17(7-8-18(13)19-9-10-21-12-14(19)2)27(25,26)22-16-5-3-15(4-6-16)20(23)24/h7-12,15-16,22H,3-6H2,1-2H3,(H,23,24)/t15-,16-. The lowest BCUT2D eigenvalue weighted by atomic mass is 9.87. The molecular weight excluding hydrogens is 364 g/mol. The highest BCUT2D eigenvalue weighted by molar-refractivity contribution is 7.89. The van der Waals surface area contributed by atoms with Gasteiger partial charge in [0.25, 0.3) is 0 Å². The van der Waals surface area contributed by atoms with Crippen LogP contribution in [0.4, 0.5) is 0 Å². The van der Waals surface area contributed by atoms with Gasteiger partial charge in [0.2, 0.25) is 10.0 Å². The summed E-state index contributed by atoms with van der Waals surface area (Å²) >= 11 is 0. The van der Waals surface area contributed by atoms with E-state index in [1.165, 1.54) is 0 Å². The van der Waals surface area contributed by atoms with E-state index in [1.54, 1.807) is 24.5 Å². The van der Waals surface area contributed by atoms with Gasteiger partial charge in [-0.05, 0) is 80.0 Å². The highest BCUT2D eigenvalue weighted by atomic mass is 32.2. The lowest BCUT2D eigenvalue weighted by Gasteiger charge is -2.26. The van der Waals surface area contributed by atoms with Gasteiger partial charge in [0, 0.05) is 18.4 Å². The summed E-state index contributed by atoms with van der Waals surface area (Å²) in [6, 6.07) is 6.83. The van der Waals surface area contributed by atoms with Crippen LogP contribution >= 0.6 is 0 Å². The van der Waals surface area contributed by atoms with Crippen LogP contribution in [0.3, 0.4) is 0 Å². The molecule has 0 saturated heterocycles. The number of aryl methyl sites for hydroxylation is 2. The summed E-state index contributed by atoms with van der Waals surface area (Å²) in [5.74, 6) is -1.16. The Morgan fingerprint density at radius 3 is 2.33 bits per heavy atom. The Bertz CT molecular complexity index is 948. The number of sulfonamides is 1. The van der Waals surface area contributed by atoms with Gasteiger partial charge in [-0.15, -0.1) is 0 Å². The van der Waals surface area contributed by atoms with E-state index in [0.29, 0.717) is 25.7 Å². The zero-order chi connectivity index (χ0) is 19.6. The maximum absolute atomic E-state index is 12.7. The van der Waals surface area contributed by atoms with Crippen LogP contribution in [0.1, 0.15) is 36.8 Å². The molecule has 1 saturated carbocycles. The number of hydrogen-bond donors (Lipinski definition) is 2. The number of aromatic nitrogens is 1. The number of rotatable bonds is 5. The van der Waals surface area contributed by atoms with Gasteiger partial charge in [0.1, 0.15) is 0 Å². The van der Waals surface area contributed by atoms with Crippen LogP contribution in [0.2, 0.25) is 0 Å². The first-order chi connectivity index (χ1) is 12.8. The van der Waals surface area contributed by atoms with E-state index in [1.807, 2.05) is 26.0 Å². The Balaban J connectivity index is 1.77. The van der Waals surface area contributed by atoms with Crippen LogP contribution in [-0.2, 0) is 14.8 Å². The third-order valence-electron chi connectivity index (χ3n) is 5.22. The van der Waals surface area contributed by atoms with Crippen molar-refractivity contribution in [3.8, 4) is 11.1 Å². The number of aliphatic carboxylic acids is 1. The van der Waals surface area contributed by atoms with Crippen molar-refractivity contribution in [2.24, 2.45) is 5.92 Å². The van der Waals surface area contributed by atoms with Crippen molar-refractivity contribution in [1.29, 1.82) is 0 Å². The number of nitrogens with one attached hydrogen (secondary N) is 1. The first-order valence-corrected chi connectivity index (χ1v) is 10.5. The van der Waals surface area contributed by atoms with Gasteiger partial charge in [0.15, 0.2) is 0 Å². The second kappa shape index (κ2) is 7.78. The second-order valence-corrected chi connectivity index (χ2v) is 8.89. The molecule has 0 radical (unpaired) electrons. The van der Waals surface area contributed by atoms with Crippen LogP contribution < -0.4 is 4.72 Å². The Kier molecular flexibility index (Phi) is 5.62. The Hall–Kier alpha value is -2.25. The minimum atomic E-state index is -3.64. The number of nitrogens with zero attached hydrogens (tertiary/aromatic N) is 1. The number of hydrogen-bond acceptors (Lipinski definition) is 4. The summed E-state index contributed by atoms with van der Waals surface area (Å²) in [6.45, 7) is 3.87. The summed E-state index contributed by atoms with van der Waals surface area (Å²) in [5.41, 5.74) is 3.92. The van der Waals surface area contributed by atoms with Gasteiger partial charge in [0.05, 0.1) is 10.8 Å². The number of carboxylic acids is 1. The summed E-state index contributed by atoms with van der Waals surface area (Å²) in [4.78, 5) is 15.4. The molecule has 2 N–H and O–H groups in total. The molecule has 1 fully saturated rings. The molecule has 1 aromatic heterocycles. The predicted octanol–water partition coefficient (Wildman–Crippen LogP) is 3.29. The van der Waals surface area contributed by atoms with Crippen molar-refractivity contribution in [3.05, 3.63) is 47.8 Å². The van der Waals surface area contributed by atoms with Gasteiger partial charge in [-0.2, -0.15) is 0 Å². The van der Waals surface area contributed by atoms with E-state index < -0.39 is 16.0 Å². The number of carbonyl (C=O) groups is 1. The van der Waals surface area contributed by atoms with Crippen molar-refractivity contribution in [2.45, 2.75) is 50.5 Å². The molecule has 0 aliphatic heterocycles. The summed E-state index contributed by atoms with van der Waals surface area (Å²) in [7, 11) is -3.64. The Morgan fingerprint density at radius 1 is 1.07 bits per heavy atom. The normalized spacial score (nSPS) is 20.4. The van der Waals surface area contributed by atoms with Crippen LogP contribution in [0, 0.1) is 19.8 Å². The van der Waals surface area contributed by atoms with Crippen LogP contribution in [0.15, 0.2) is 41.6 Å². The average molecular weight is 388 g/mol. The first-order valence-electron chi connectivity index (χ1n) is 9.04. The fourth-order valence-corrected chi connectivity index (χ4v) is 5.02. The van der Waals surface area contributed by atoms with E-state index >= 15 is 0 Å². The van der Waals surface area contributed by atoms with Crippen LogP contribution in [0.5, 0.6) is 0 Å². The topological polar surface area (TPSA) is 96.4 Å². The molecule has 0 bridgehead atoms. The SMILES string of the molecule is Cc1cnccc1-c1ccc(S(=O)(=O)N[C@H]2CC[C@H](C(=O)O)CC2)cc1C. The molecule has 0 atom stereocenters. The quantitative estimate of drug-likeness (QED) is 0.819. The zero-order valence-corrected chi connectivity index (χ0v) is 16.3. The van der Waals surface area contributed by atoms with E-state index in [0.717, 1.165) is 22.3 Å². The van der Waals surface area contributed by atoms with Crippen molar-refractivity contribution in [1.82, 2.24) is 9.71 Å². The Morgan fingerprint density at radius 2 is 1.74 bits per heavy atom. The number of carboxylic acid groups (broad SMARTS) is 1. The van der Waals surface area contributed by atoms with Gasteiger partial charge in [-0.3, -0.25) is 9.78 Å². The third kappa shape index (κ3) is 4.36. The predicted molar refractivity (Wildman–Crippen MR) is 103 cm³/mol. The average Bonchev–Trinajstić information content (AvgIpc) is 2.62. The molecule has 1 heterocycles. The molecular formula is C20H24N2O4S. The minimum absolute atomic E-state index is 0.215. The van der Waals surface area contributed by atoms with E-state index in [4.69, 9.17) is 5.11 Å². The molecule has 0 spiro atoms. The van der Waals surface area contributed by atoms with Crippen LogP contribution in [0.25, 0.3) is 11.1 Å². The fraction of sp³-hybridized carbons (Fsp3) is 0.400. The molecule has 144 valence electrons. The summed E-state index contributed by atoms with van der Waals surface area (Å²) in [6.07, 6.45) is 5.60. The van der Waals surface area contributed by atoms with Crippen molar-refractivity contribution < 1.29 is 18.3 Å². The van der Waals surface area contributed by atoms with E-state index in [9.17, 15) is 13.2 Å². The highest BCUT2D eigenvalue weighted by Crippen LogP contribution is 2.29. The molecule has 0 amide bonds. The summed E-state index contributed by atoms with van der Waals surface area (Å²) < 4.78 is 28.2. The van der Waals surface area contributed by atoms with Crippen molar-refractivity contribution in [3.63, 3.8) is 0 Å². The molecule has 7 heteroatoms. The molecule has 0 unspecified atom stereocenters. The van der Waals surface area contributed by atoms with Crippen LogP contribution in [-0.4, -0.2) is 30.5 Å². The lowest BCUT2D eigenvalue weighted by molar-refractivity contribution is -0.142. The Labute approximate surface area is 159 Å². The second-order valence-electron chi connectivity index (χ2n) is 7.18. The molecule has 1 aromatic carbocycles. The monoisotopic (exact) mass is 388 g/mol. The largest absolute Gasteiger partial charge is 0.481 e. The molecule has 6 nitrogen and oxygen atoms in total. The number of pyridine rings is 1. The van der Waals surface area contributed by atoms with Crippen molar-refractivity contribution in [2.75, 3.05) is 0 Å². The summed E-state index contributed by atoms with van der Waals surface area (Å²) in [5, 5.41) is 9.06. The van der Waals surface area contributed by atoms with E-state index in [2.05, 4.69) is 9.71 Å². The molecule has 1 aliphatic carbocycles. The first kappa shape index (κ1) is 19.5. The molecule has 1 aliphatic rings. The zero-order valence-electron chi connectivity index (χ0n) is 15.5. The maximum Gasteiger partial charge on any atom is 0.306 e. The van der Waals surface area contributed by atoms with Gasteiger partial charge >= 0.3 is 5.97 Å². The minimum Gasteiger partial charge on any atom is -0.481 e. The molecule has 27 heavy (non-hydrogen) atoms. The molecule has 2 aromatic rings. The van der Waals surface area contributed by atoms with Gasteiger partial charge < -0.3 is 5.11 Å². The van der Waals surface area contributed by atoms with Gasteiger partial charge in [-0.1, -0.05) is 6.07 Å². The number of benzene rings is 1. The molecule has 3 rings (SSSR count). The van der Waals surface area contributed by atoms with E-state index in [-0.39, 0.29) is 16.9 Å². The maximum atomic E-state index is 12.7. The highest BCUT2D eigenvalue weighted by Gasteiger charge is 2.29. The third-order valence-corrected chi connectivity index (χ3v) is 6.74. The fourth-order valence-electron chi connectivity index (χ4n) is 3.63. The van der Waals surface area contributed by atoms with Crippen molar-refractivity contribution >= 4 is 16.0 Å². The lowest BCUT2D eigenvalue weighted by Crippen LogP contribution is -2.38.